The van der Waals surface area contributed by atoms with Gasteiger partial charge in [-0.05, 0) is 36.8 Å². The van der Waals surface area contributed by atoms with E-state index in [9.17, 15) is 0 Å². The van der Waals surface area contributed by atoms with Gasteiger partial charge in [0.05, 0.1) is 11.4 Å². The monoisotopic (exact) mass is 230 g/mol. The molecule has 0 amide bonds. The van der Waals surface area contributed by atoms with Crippen molar-refractivity contribution in [3.05, 3.63) is 23.8 Å². The van der Waals surface area contributed by atoms with Crippen molar-refractivity contribution in [2.75, 3.05) is 17.2 Å². The topological polar surface area (TPSA) is 29.3 Å². The lowest BCUT2D eigenvalue weighted by atomic mass is 9.86. The number of nitrogens with two attached hydrogens (primary N) is 1. The van der Waals surface area contributed by atoms with Crippen LogP contribution in [0.15, 0.2) is 18.2 Å². The van der Waals surface area contributed by atoms with E-state index >= 15 is 0 Å². The third-order valence-corrected chi connectivity index (χ3v) is 4.41. The van der Waals surface area contributed by atoms with E-state index in [1.807, 2.05) is 6.07 Å². The molecular formula is C15H22N2. The molecule has 1 aliphatic heterocycles. The number of hydrogen-bond donors (Lipinski definition) is 1. The third kappa shape index (κ3) is 1.90. The largest absolute Gasteiger partial charge is 0.397 e. The van der Waals surface area contributed by atoms with Gasteiger partial charge in [-0.2, -0.15) is 0 Å². The van der Waals surface area contributed by atoms with E-state index in [1.54, 1.807) is 0 Å². The van der Waals surface area contributed by atoms with Crippen LogP contribution < -0.4 is 10.6 Å². The minimum Gasteiger partial charge on any atom is -0.397 e. The van der Waals surface area contributed by atoms with Gasteiger partial charge in [-0.15, -0.1) is 0 Å². The molecule has 1 heterocycles. The van der Waals surface area contributed by atoms with Crippen molar-refractivity contribution >= 4 is 11.4 Å². The average Bonchev–Trinajstić information content (AvgIpc) is 2.74. The maximum absolute atomic E-state index is 6.16. The molecule has 1 saturated carbocycles. The summed E-state index contributed by atoms with van der Waals surface area (Å²) in [7, 11) is 0. The molecule has 0 bridgehead atoms. The molecule has 1 aromatic carbocycles. The van der Waals surface area contributed by atoms with Crippen LogP contribution in [-0.2, 0) is 6.42 Å². The Morgan fingerprint density at radius 2 is 2.18 bits per heavy atom. The molecule has 2 aliphatic rings. The van der Waals surface area contributed by atoms with Crippen molar-refractivity contribution in [2.45, 2.75) is 45.1 Å². The van der Waals surface area contributed by atoms with Crippen LogP contribution in [0.5, 0.6) is 0 Å². The molecule has 0 aromatic heterocycles. The fourth-order valence-electron chi connectivity index (χ4n) is 3.57. The van der Waals surface area contributed by atoms with Crippen LogP contribution >= 0.6 is 0 Å². The molecule has 2 N–H and O–H groups in total. The van der Waals surface area contributed by atoms with Crippen molar-refractivity contribution in [1.29, 1.82) is 0 Å². The van der Waals surface area contributed by atoms with Crippen molar-refractivity contribution in [3.63, 3.8) is 0 Å². The number of nitrogens with zero attached hydrogens (tertiary/aromatic N) is 1. The number of para-hydroxylation sites is 1. The van der Waals surface area contributed by atoms with Crippen LogP contribution in [-0.4, -0.2) is 12.6 Å². The summed E-state index contributed by atoms with van der Waals surface area (Å²) in [6, 6.07) is 7.09. The Balaban J connectivity index is 1.87. The quantitative estimate of drug-likeness (QED) is 0.751. The third-order valence-electron chi connectivity index (χ3n) is 4.41. The second-order valence-electron chi connectivity index (χ2n) is 5.72. The zero-order valence-electron chi connectivity index (χ0n) is 10.7. The Bertz CT molecular complexity index is 413. The van der Waals surface area contributed by atoms with Crippen molar-refractivity contribution in [1.82, 2.24) is 0 Å². The van der Waals surface area contributed by atoms with E-state index in [2.05, 4.69) is 24.0 Å². The van der Waals surface area contributed by atoms with E-state index < -0.39 is 0 Å². The number of fused-ring (bicyclic) bond motifs is 1. The molecule has 1 fully saturated rings. The number of benzene rings is 1. The predicted molar refractivity (Wildman–Crippen MR) is 73.3 cm³/mol. The van der Waals surface area contributed by atoms with Crippen LogP contribution in [0.1, 0.15) is 38.2 Å². The minimum atomic E-state index is 0.727. The van der Waals surface area contributed by atoms with Crippen LogP contribution in [0.4, 0.5) is 11.4 Å². The first-order valence-corrected chi connectivity index (χ1v) is 6.89. The van der Waals surface area contributed by atoms with Crippen LogP contribution in [0.3, 0.4) is 0 Å². The smallest absolute Gasteiger partial charge is 0.0635 e. The van der Waals surface area contributed by atoms with Gasteiger partial charge in [-0.25, -0.2) is 0 Å². The zero-order chi connectivity index (χ0) is 11.8. The lowest BCUT2D eigenvalue weighted by molar-refractivity contribution is 0.332. The van der Waals surface area contributed by atoms with E-state index in [0.29, 0.717) is 0 Å². The highest BCUT2D eigenvalue weighted by Crippen LogP contribution is 2.39. The molecule has 2 nitrogen and oxygen atoms in total. The van der Waals surface area contributed by atoms with E-state index in [0.717, 1.165) is 17.6 Å². The molecule has 3 rings (SSSR count). The summed E-state index contributed by atoms with van der Waals surface area (Å²) in [5.41, 5.74) is 9.92. The molecule has 0 saturated heterocycles. The normalized spacial score (nSPS) is 28.2. The molecule has 92 valence electrons. The predicted octanol–water partition coefficient (Wildman–Crippen LogP) is 3.21. The van der Waals surface area contributed by atoms with Gasteiger partial charge < -0.3 is 10.6 Å². The van der Waals surface area contributed by atoms with Crippen molar-refractivity contribution in [3.8, 4) is 0 Å². The summed E-state index contributed by atoms with van der Waals surface area (Å²) in [4.78, 5) is 2.58. The minimum absolute atomic E-state index is 0.727. The van der Waals surface area contributed by atoms with Crippen LogP contribution in [0.25, 0.3) is 0 Å². The first-order chi connectivity index (χ1) is 8.25. The Morgan fingerprint density at radius 1 is 1.29 bits per heavy atom. The number of hydrogen-bond acceptors (Lipinski definition) is 2. The SMILES string of the molecule is CC1CCCC(N2CCc3cccc(N)c32)C1. The standard InChI is InChI=1S/C15H22N2/c1-11-4-2-6-13(10-11)17-9-8-12-5-3-7-14(16)15(12)17/h3,5,7,11,13H,2,4,6,8-10,16H2,1H3. The summed E-state index contributed by atoms with van der Waals surface area (Å²) in [6.45, 7) is 3.55. The van der Waals surface area contributed by atoms with Crippen LogP contribution in [0, 0.1) is 5.92 Å². The van der Waals surface area contributed by atoms with Gasteiger partial charge in [-0.3, -0.25) is 0 Å². The van der Waals surface area contributed by atoms with Gasteiger partial charge >= 0.3 is 0 Å². The summed E-state index contributed by atoms with van der Waals surface area (Å²) < 4.78 is 0. The molecule has 2 heteroatoms. The summed E-state index contributed by atoms with van der Waals surface area (Å²) in [5, 5.41) is 0. The Hall–Kier alpha value is -1.18. The van der Waals surface area contributed by atoms with Gasteiger partial charge in [0.2, 0.25) is 0 Å². The lowest BCUT2D eigenvalue weighted by Gasteiger charge is -2.36. The second-order valence-corrected chi connectivity index (χ2v) is 5.72. The second kappa shape index (κ2) is 4.25. The Kier molecular flexibility index (Phi) is 2.73. The molecular weight excluding hydrogens is 208 g/mol. The highest BCUT2D eigenvalue weighted by atomic mass is 15.2. The summed E-state index contributed by atoms with van der Waals surface area (Å²) in [5.74, 6) is 0.878. The van der Waals surface area contributed by atoms with Gasteiger partial charge in [0.25, 0.3) is 0 Å². The molecule has 17 heavy (non-hydrogen) atoms. The fraction of sp³-hybridized carbons (Fsp3) is 0.600. The number of anilines is 2. The molecule has 1 aliphatic carbocycles. The van der Waals surface area contributed by atoms with E-state index in [1.165, 1.54) is 49.9 Å². The molecule has 2 unspecified atom stereocenters. The Morgan fingerprint density at radius 3 is 3.00 bits per heavy atom. The van der Waals surface area contributed by atoms with Gasteiger partial charge in [0.15, 0.2) is 0 Å². The van der Waals surface area contributed by atoms with Crippen LogP contribution in [0.2, 0.25) is 0 Å². The number of rotatable bonds is 1. The van der Waals surface area contributed by atoms with Gasteiger partial charge in [0.1, 0.15) is 0 Å². The lowest BCUT2D eigenvalue weighted by Crippen LogP contribution is -2.37. The van der Waals surface area contributed by atoms with E-state index in [4.69, 9.17) is 5.73 Å². The maximum Gasteiger partial charge on any atom is 0.0635 e. The first kappa shape index (κ1) is 10.9. The molecule has 1 aromatic rings. The zero-order valence-corrected chi connectivity index (χ0v) is 10.7. The highest BCUT2D eigenvalue weighted by molar-refractivity contribution is 5.74. The molecule has 0 spiro atoms. The maximum atomic E-state index is 6.16. The summed E-state index contributed by atoms with van der Waals surface area (Å²) in [6.07, 6.45) is 6.64. The number of nitrogen functional groups attached to an aromatic ring is 1. The Labute approximate surface area is 104 Å². The molecule has 0 radical (unpaired) electrons. The van der Waals surface area contributed by atoms with E-state index in [-0.39, 0.29) is 0 Å². The first-order valence-electron chi connectivity index (χ1n) is 6.89. The van der Waals surface area contributed by atoms with Gasteiger partial charge in [-0.1, -0.05) is 31.9 Å². The molecule has 2 atom stereocenters. The fourth-order valence-corrected chi connectivity index (χ4v) is 3.57. The summed E-state index contributed by atoms with van der Waals surface area (Å²) >= 11 is 0. The van der Waals surface area contributed by atoms with Crippen molar-refractivity contribution in [2.24, 2.45) is 5.92 Å². The highest BCUT2D eigenvalue weighted by Gasteiger charge is 2.30. The van der Waals surface area contributed by atoms with Gasteiger partial charge in [0, 0.05) is 12.6 Å². The van der Waals surface area contributed by atoms with Crippen molar-refractivity contribution < 1.29 is 0 Å². The average molecular weight is 230 g/mol.